The van der Waals surface area contributed by atoms with E-state index in [-0.39, 0.29) is 6.54 Å². The molecule has 2 unspecified atom stereocenters. The number of nitrogens with two attached hydrogens (primary N) is 1. The highest BCUT2D eigenvalue weighted by Gasteiger charge is 2.20. The lowest BCUT2D eigenvalue weighted by Gasteiger charge is -2.21. The largest absolute Gasteiger partial charge is 0.386 e. The van der Waals surface area contributed by atoms with Gasteiger partial charge in [0.05, 0.1) is 25.4 Å². The third kappa shape index (κ3) is 4.04. The highest BCUT2D eigenvalue weighted by Crippen LogP contribution is 2.13. The van der Waals surface area contributed by atoms with Gasteiger partial charge in [-0.05, 0) is 13.3 Å². The Kier molecular flexibility index (Phi) is 4.12. The summed E-state index contributed by atoms with van der Waals surface area (Å²) in [4.78, 5) is 0. The van der Waals surface area contributed by atoms with Crippen LogP contribution in [0.4, 0.5) is 0 Å². The zero-order valence-corrected chi connectivity index (χ0v) is 8.16. The van der Waals surface area contributed by atoms with E-state index in [0.29, 0.717) is 19.1 Å². The van der Waals surface area contributed by atoms with Gasteiger partial charge in [-0.15, -0.1) is 0 Å². The van der Waals surface area contributed by atoms with Gasteiger partial charge in [0.1, 0.15) is 0 Å². The van der Waals surface area contributed by atoms with Gasteiger partial charge in [-0.3, -0.25) is 0 Å². The number of aliphatic hydroxyl groups is 1. The molecule has 1 fully saturated rings. The lowest BCUT2D eigenvalue weighted by Crippen LogP contribution is -2.39. The van der Waals surface area contributed by atoms with Crippen LogP contribution in [0.1, 0.15) is 13.3 Å². The molecule has 0 amide bonds. The number of ether oxygens (including phenoxy) is 2. The topological polar surface area (TPSA) is 64.7 Å². The fourth-order valence-electron chi connectivity index (χ4n) is 1.22. The van der Waals surface area contributed by atoms with Gasteiger partial charge in [0.2, 0.25) is 0 Å². The first kappa shape index (κ1) is 10.9. The summed E-state index contributed by atoms with van der Waals surface area (Å²) in [5, 5.41) is 9.52. The van der Waals surface area contributed by atoms with Crippen molar-refractivity contribution < 1.29 is 14.6 Å². The third-order valence-corrected chi connectivity index (χ3v) is 2.23. The fourth-order valence-corrected chi connectivity index (χ4v) is 1.22. The number of hydrogen-bond donors (Lipinski definition) is 2. The smallest absolute Gasteiger partial charge is 0.0973 e. The first-order valence-corrected chi connectivity index (χ1v) is 4.72. The van der Waals surface area contributed by atoms with Crippen LogP contribution in [0.2, 0.25) is 0 Å². The predicted octanol–water partition coefficient (Wildman–Crippen LogP) is -0.251. The molecular formula is C9H19NO3. The molecule has 4 nitrogen and oxygen atoms in total. The summed E-state index contributed by atoms with van der Waals surface area (Å²) in [6, 6.07) is 0. The third-order valence-electron chi connectivity index (χ3n) is 2.23. The van der Waals surface area contributed by atoms with E-state index in [1.807, 2.05) is 0 Å². The Bertz CT molecular complexity index is 144. The van der Waals surface area contributed by atoms with E-state index in [2.05, 4.69) is 0 Å². The summed E-state index contributed by atoms with van der Waals surface area (Å²) < 4.78 is 10.6. The summed E-state index contributed by atoms with van der Waals surface area (Å²) in [7, 11) is 0. The lowest BCUT2D eigenvalue weighted by atomic mass is 10.1. The van der Waals surface area contributed by atoms with E-state index in [0.717, 1.165) is 19.6 Å². The van der Waals surface area contributed by atoms with Crippen molar-refractivity contribution in [2.45, 2.75) is 18.9 Å². The van der Waals surface area contributed by atoms with E-state index in [1.54, 1.807) is 6.92 Å². The Morgan fingerprint density at radius 1 is 1.69 bits per heavy atom. The van der Waals surface area contributed by atoms with Crippen LogP contribution in [-0.4, -0.2) is 43.7 Å². The summed E-state index contributed by atoms with van der Waals surface area (Å²) in [6.07, 6.45) is 1.06. The first-order chi connectivity index (χ1) is 6.14. The zero-order chi connectivity index (χ0) is 9.73. The Labute approximate surface area is 79.0 Å². The molecule has 3 N–H and O–H groups in total. The molecule has 0 saturated carbocycles. The van der Waals surface area contributed by atoms with Gasteiger partial charge < -0.3 is 20.3 Å². The molecule has 1 heterocycles. The van der Waals surface area contributed by atoms with Crippen molar-refractivity contribution in [3.63, 3.8) is 0 Å². The lowest BCUT2D eigenvalue weighted by molar-refractivity contribution is -0.0367. The summed E-state index contributed by atoms with van der Waals surface area (Å²) in [5.41, 5.74) is 4.46. The molecule has 0 spiro atoms. The van der Waals surface area contributed by atoms with Crippen molar-refractivity contribution in [1.82, 2.24) is 0 Å². The number of rotatable bonds is 5. The van der Waals surface area contributed by atoms with Gasteiger partial charge in [0.25, 0.3) is 0 Å². The van der Waals surface area contributed by atoms with Crippen LogP contribution < -0.4 is 5.73 Å². The Balaban J connectivity index is 2.06. The molecule has 0 bridgehead atoms. The van der Waals surface area contributed by atoms with Crippen molar-refractivity contribution in [1.29, 1.82) is 0 Å². The standard InChI is InChI=1S/C9H19NO3/c1-9(11,6-10)7-13-5-8-2-3-12-4-8/h8,11H,2-7,10H2,1H3. The SMILES string of the molecule is CC(O)(CN)COCC1CCOC1. The van der Waals surface area contributed by atoms with Gasteiger partial charge >= 0.3 is 0 Å². The minimum absolute atomic E-state index is 0.230. The monoisotopic (exact) mass is 189 g/mol. The average molecular weight is 189 g/mol. The maximum absolute atomic E-state index is 9.52. The van der Waals surface area contributed by atoms with E-state index >= 15 is 0 Å². The molecule has 2 atom stereocenters. The molecule has 78 valence electrons. The zero-order valence-electron chi connectivity index (χ0n) is 8.16. The Morgan fingerprint density at radius 3 is 3.00 bits per heavy atom. The maximum Gasteiger partial charge on any atom is 0.0973 e. The Hall–Kier alpha value is -0.160. The summed E-state index contributed by atoms with van der Waals surface area (Å²) >= 11 is 0. The molecular weight excluding hydrogens is 170 g/mol. The van der Waals surface area contributed by atoms with Crippen LogP contribution in [0.3, 0.4) is 0 Å². The second kappa shape index (κ2) is 4.91. The fraction of sp³-hybridized carbons (Fsp3) is 1.00. The van der Waals surface area contributed by atoms with E-state index in [4.69, 9.17) is 15.2 Å². The van der Waals surface area contributed by atoms with Crippen molar-refractivity contribution >= 4 is 0 Å². The van der Waals surface area contributed by atoms with Crippen molar-refractivity contribution in [3.8, 4) is 0 Å². The van der Waals surface area contributed by atoms with Crippen molar-refractivity contribution in [2.75, 3.05) is 33.0 Å². The highest BCUT2D eigenvalue weighted by atomic mass is 16.5. The Morgan fingerprint density at radius 2 is 2.46 bits per heavy atom. The minimum Gasteiger partial charge on any atom is -0.386 e. The summed E-state index contributed by atoms with van der Waals surface area (Å²) in [6.45, 7) is 4.49. The second-order valence-electron chi connectivity index (χ2n) is 3.95. The molecule has 0 aromatic heterocycles. The quantitative estimate of drug-likeness (QED) is 0.626. The van der Waals surface area contributed by atoms with Gasteiger partial charge in [0, 0.05) is 19.1 Å². The van der Waals surface area contributed by atoms with Crippen molar-refractivity contribution in [3.05, 3.63) is 0 Å². The molecule has 0 radical (unpaired) electrons. The average Bonchev–Trinajstić information content (AvgIpc) is 2.57. The molecule has 1 saturated heterocycles. The van der Waals surface area contributed by atoms with Gasteiger partial charge in [0.15, 0.2) is 0 Å². The van der Waals surface area contributed by atoms with Crippen LogP contribution in [0, 0.1) is 5.92 Å². The van der Waals surface area contributed by atoms with Gasteiger partial charge in [-0.1, -0.05) is 0 Å². The summed E-state index contributed by atoms with van der Waals surface area (Å²) in [5.74, 6) is 0.494. The molecule has 0 aromatic rings. The van der Waals surface area contributed by atoms with Gasteiger partial charge in [-0.2, -0.15) is 0 Å². The maximum atomic E-state index is 9.52. The molecule has 1 rings (SSSR count). The predicted molar refractivity (Wildman–Crippen MR) is 49.4 cm³/mol. The molecule has 13 heavy (non-hydrogen) atoms. The van der Waals surface area contributed by atoms with Crippen LogP contribution >= 0.6 is 0 Å². The molecule has 1 aliphatic heterocycles. The van der Waals surface area contributed by atoms with E-state index < -0.39 is 5.60 Å². The molecule has 1 aliphatic rings. The minimum atomic E-state index is -0.889. The van der Waals surface area contributed by atoms with Crippen LogP contribution in [-0.2, 0) is 9.47 Å². The molecule has 0 aromatic carbocycles. The molecule has 4 heteroatoms. The van der Waals surface area contributed by atoms with Crippen molar-refractivity contribution in [2.24, 2.45) is 11.7 Å². The highest BCUT2D eigenvalue weighted by molar-refractivity contribution is 4.72. The van der Waals surface area contributed by atoms with Gasteiger partial charge in [-0.25, -0.2) is 0 Å². The first-order valence-electron chi connectivity index (χ1n) is 4.72. The van der Waals surface area contributed by atoms with Crippen LogP contribution in [0.25, 0.3) is 0 Å². The molecule has 0 aliphatic carbocycles. The number of hydrogen-bond acceptors (Lipinski definition) is 4. The van der Waals surface area contributed by atoms with E-state index in [9.17, 15) is 5.11 Å². The normalized spacial score (nSPS) is 27.5. The second-order valence-corrected chi connectivity index (χ2v) is 3.95. The van der Waals surface area contributed by atoms with Crippen LogP contribution in [0.15, 0.2) is 0 Å². The van der Waals surface area contributed by atoms with E-state index in [1.165, 1.54) is 0 Å². The van der Waals surface area contributed by atoms with Crippen LogP contribution in [0.5, 0.6) is 0 Å².